The number of hydrogen-bond donors (Lipinski definition) is 2. The fraction of sp³-hybridized carbons (Fsp3) is 0. The van der Waals surface area contributed by atoms with Crippen LogP contribution in [0, 0.1) is 0 Å². The fourth-order valence-electron chi connectivity index (χ4n) is 0. The molecule has 0 aromatic carbocycles. The maximum atomic E-state index is 8.74. The molecule has 0 bridgehead atoms. The van der Waals surface area contributed by atoms with E-state index in [1.807, 2.05) is 0 Å². The summed E-state index contributed by atoms with van der Waals surface area (Å²) in [7, 11) is -6.76. The molecule has 6 nitrogen and oxygen atoms in total. The molecule has 0 radical (unpaired) electrons. The molecule has 2 N–H and O–H groups in total. The lowest BCUT2D eigenvalue weighted by molar-refractivity contribution is -0.354. The zero-order valence-corrected chi connectivity index (χ0v) is 5.53. The highest BCUT2D eigenvalue weighted by Crippen LogP contribution is 1.27. The third-order valence-electron chi connectivity index (χ3n) is 0. The van der Waals surface area contributed by atoms with Crippen LogP contribution in [0.2, 0.25) is 0 Å². The van der Waals surface area contributed by atoms with Crippen molar-refractivity contribution in [1.82, 2.24) is 0 Å². The van der Waals surface area contributed by atoms with Gasteiger partial charge in [0.2, 0.25) is 0 Å². The molecule has 8 heteroatoms. The summed E-state index contributed by atoms with van der Waals surface area (Å²) in [4.78, 5) is 31.4. The molecule has 0 saturated heterocycles. The average Bonchev–Trinajstić information content (AvgIpc) is 1.25. The first-order valence-electron chi connectivity index (χ1n) is 1.26. The normalized spacial score (nSPS) is 6.00. The molecule has 0 unspecified atom stereocenters. The lowest BCUT2D eigenvalue weighted by Crippen LogP contribution is -2.34. The standard InChI is InChI=1S/H2O3Si.O3Si/c2*1-4(2)3/h1-2H;/q;-2. The van der Waals surface area contributed by atoms with Crippen LogP contribution in [0.15, 0.2) is 0 Å². The van der Waals surface area contributed by atoms with Gasteiger partial charge in [-0.1, -0.05) is 0 Å². The fourth-order valence-corrected chi connectivity index (χ4v) is 0. The highest BCUT2D eigenvalue weighted by molar-refractivity contribution is 6.22. The van der Waals surface area contributed by atoms with Crippen LogP contribution in [-0.2, 0) is 8.92 Å². The predicted molar refractivity (Wildman–Crippen MR) is 17.3 cm³/mol. The molecule has 0 aliphatic heterocycles. The maximum absolute atomic E-state index is 8.74. The summed E-state index contributed by atoms with van der Waals surface area (Å²) >= 11 is 0. The van der Waals surface area contributed by atoms with Crippen LogP contribution < -0.4 is 9.59 Å². The second kappa shape index (κ2) is 6.23. The summed E-state index contributed by atoms with van der Waals surface area (Å²) < 4.78 is 17.3. The maximum Gasteiger partial charge on any atom is 0.761 e. The van der Waals surface area contributed by atoms with Gasteiger partial charge in [-0.05, 0) is 0 Å². The van der Waals surface area contributed by atoms with Gasteiger partial charge >= 0.3 is 9.17 Å². The third-order valence-corrected chi connectivity index (χ3v) is 0. The van der Waals surface area contributed by atoms with Crippen molar-refractivity contribution < 1.29 is 28.1 Å². The molecule has 0 fully saturated rings. The van der Waals surface area contributed by atoms with Gasteiger partial charge in [-0.25, -0.2) is 0 Å². The zero-order valence-electron chi connectivity index (χ0n) is 3.53. The Morgan fingerprint density at radius 1 is 1.12 bits per heavy atom. The van der Waals surface area contributed by atoms with Crippen LogP contribution in [0.5, 0.6) is 0 Å². The summed E-state index contributed by atoms with van der Waals surface area (Å²) in [5.74, 6) is 0. The average molecular weight is 154 g/mol. The molecule has 0 spiro atoms. The zero-order chi connectivity index (χ0) is 7.15. The van der Waals surface area contributed by atoms with Gasteiger partial charge in [0.15, 0.2) is 0 Å². The van der Waals surface area contributed by atoms with Crippen LogP contribution in [-0.4, -0.2) is 27.9 Å². The minimum atomic E-state index is -3.63. The molecule has 0 aromatic rings. The molecule has 0 aliphatic rings. The van der Waals surface area contributed by atoms with Gasteiger partial charge in [-0.3, -0.25) is 4.46 Å². The minimum absolute atomic E-state index is 3.13. The summed E-state index contributed by atoms with van der Waals surface area (Å²) in [6.45, 7) is 0. The Morgan fingerprint density at radius 3 is 1.12 bits per heavy atom. The minimum Gasteiger partial charge on any atom is -0.672 e. The van der Waals surface area contributed by atoms with Crippen LogP contribution in [0.25, 0.3) is 0 Å². The van der Waals surface area contributed by atoms with Crippen LogP contribution in [0.4, 0.5) is 0 Å². The van der Waals surface area contributed by atoms with Crippen molar-refractivity contribution >= 4 is 18.3 Å². The van der Waals surface area contributed by atoms with E-state index in [0.29, 0.717) is 0 Å². The van der Waals surface area contributed by atoms with Crippen molar-refractivity contribution in [3.8, 4) is 0 Å². The molecule has 0 aromatic heterocycles. The molecule has 0 amide bonds. The van der Waals surface area contributed by atoms with Crippen molar-refractivity contribution in [2.75, 3.05) is 0 Å². The highest BCUT2D eigenvalue weighted by atomic mass is 28.3. The SMILES string of the molecule is O=[Si](O)O.O=[Si]([O-])[O-]. The number of hydrogen-bond acceptors (Lipinski definition) is 4. The summed E-state index contributed by atoms with van der Waals surface area (Å²) in [6.07, 6.45) is 0. The second-order valence-electron chi connectivity index (χ2n) is 0.533. The van der Waals surface area contributed by atoms with Gasteiger partial charge in [0.05, 0.1) is 0 Å². The Hall–Kier alpha value is -0.766. The van der Waals surface area contributed by atoms with E-state index < -0.39 is 18.3 Å². The Kier molecular flexibility index (Phi) is 8.00. The number of rotatable bonds is 0. The quantitative estimate of drug-likeness (QED) is 0.339. The molecule has 48 valence electrons. The Labute approximate surface area is 47.5 Å². The van der Waals surface area contributed by atoms with Gasteiger partial charge in [0.1, 0.15) is 0 Å². The highest BCUT2D eigenvalue weighted by Gasteiger charge is 1.85. The summed E-state index contributed by atoms with van der Waals surface area (Å²) in [5.41, 5.74) is 0. The smallest absolute Gasteiger partial charge is 0.672 e. The molecule has 0 atom stereocenters. The predicted octanol–water partition coefficient (Wildman–Crippen LogP) is -4.49. The molecular formula is H2O6Si2-2. The summed E-state index contributed by atoms with van der Waals surface area (Å²) in [5, 5.41) is 0. The lowest BCUT2D eigenvalue weighted by atomic mass is 15.8. The summed E-state index contributed by atoms with van der Waals surface area (Å²) in [6, 6.07) is 0. The van der Waals surface area contributed by atoms with E-state index in [0.717, 1.165) is 0 Å². The second-order valence-corrected chi connectivity index (χ2v) is 1.60. The molecular weight excluding hydrogens is 152 g/mol. The Morgan fingerprint density at radius 2 is 1.12 bits per heavy atom. The van der Waals surface area contributed by atoms with Gasteiger partial charge in [-0.2, -0.15) is 0 Å². The first kappa shape index (κ1) is 10.3. The van der Waals surface area contributed by atoms with Gasteiger partial charge < -0.3 is 23.6 Å². The topological polar surface area (TPSA) is 121 Å². The van der Waals surface area contributed by atoms with Crippen molar-refractivity contribution in [2.45, 2.75) is 0 Å². The van der Waals surface area contributed by atoms with E-state index in [-0.39, 0.29) is 0 Å². The lowest BCUT2D eigenvalue weighted by Gasteiger charge is -1.94. The van der Waals surface area contributed by atoms with Crippen LogP contribution in [0.3, 0.4) is 0 Å². The van der Waals surface area contributed by atoms with E-state index in [4.69, 9.17) is 28.1 Å². The molecule has 0 saturated carbocycles. The first-order chi connectivity index (χ1) is 3.46. The van der Waals surface area contributed by atoms with Crippen molar-refractivity contribution in [2.24, 2.45) is 0 Å². The van der Waals surface area contributed by atoms with Gasteiger partial charge in [-0.15, -0.1) is 0 Å². The van der Waals surface area contributed by atoms with Crippen molar-refractivity contribution in [3.63, 3.8) is 0 Å². The van der Waals surface area contributed by atoms with E-state index in [1.54, 1.807) is 0 Å². The van der Waals surface area contributed by atoms with E-state index in [1.165, 1.54) is 0 Å². The van der Waals surface area contributed by atoms with Gasteiger partial charge in [0.25, 0.3) is 0 Å². The van der Waals surface area contributed by atoms with E-state index >= 15 is 0 Å². The third kappa shape index (κ3) is 160. The van der Waals surface area contributed by atoms with Crippen molar-refractivity contribution in [3.05, 3.63) is 0 Å². The van der Waals surface area contributed by atoms with E-state index in [2.05, 4.69) is 0 Å². The Bertz CT molecular complexity index is 64.5. The molecule has 0 rings (SSSR count). The Balaban J connectivity index is 0. The first-order valence-corrected chi connectivity index (χ1v) is 3.79. The van der Waals surface area contributed by atoms with E-state index in [9.17, 15) is 0 Å². The molecule has 8 heavy (non-hydrogen) atoms. The van der Waals surface area contributed by atoms with Crippen LogP contribution in [0.1, 0.15) is 0 Å². The monoisotopic (exact) mass is 154 g/mol. The molecule has 0 aliphatic carbocycles. The molecule has 0 heterocycles. The van der Waals surface area contributed by atoms with Crippen LogP contribution >= 0.6 is 0 Å². The largest absolute Gasteiger partial charge is 0.761 e. The van der Waals surface area contributed by atoms with Crippen molar-refractivity contribution in [1.29, 1.82) is 0 Å². The van der Waals surface area contributed by atoms with Gasteiger partial charge in [0, 0.05) is 9.17 Å².